The Morgan fingerprint density at radius 3 is 1.56 bits per heavy atom. The van der Waals surface area contributed by atoms with E-state index >= 15 is 0 Å². The van der Waals surface area contributed by atoms with Gasteiger partial charge in [0.05, 0.1) is 5.69 Å². The van der Waals surface area contributed by atoms with Gasteiger partial charge in [0.1, 0.15) is 0 Å². The van der Waals surface area contributed by atoms with Gasteiger partial charge in [-0.3, -0.25) is 0 Å². The number of hydrogen-bond donors (Lipinski definition) is 1. The highest BCUT2D eigenvalue weighted by molar-refractivity contribution is 6.06. The van der Waals surface area contributed by atoms with E-state index in [1.807, 2.05) is 6.07 Å². The summed E-state index contributed by atoms with van der Waals surface area (Å²) < 4.78 is 6.63. The first-order valence-electron chi connectivity index (χ1n) is 18.4. The summed E-state index contributed by atoms with van der Waals surface area (Å²) in [6.07, 6.45) is -0.220. The maximum atomic E-state index is 6.63. The van der Waals surface area contributed by atoms with Crippen molar-refractivity contribution in [1.82, 2.24) is 0 Å². The molecule has 1 aliphatic heterocycles. The Hall–Kier alpha value is -7.10. The molecule has 10 rings (SSSR count). The van der Waals surface area contributed by atoms with Gasteiger partial charge in [-0.1, -0.05) is 158 Å². The average molecular weight is 693 g/mol. The summed E-state index contributed by atoms with van der Waals surface area (Å²) in [6, 6.07) is 73.6. The topological polar surface area (TPSA) is 24.5 Å². The van der Waals surface area contributed by atoms with Crippen LogP contribution >= 0.6 is 0 Å². The van der Waals surface area contributed by atoms with Crippen LogP contribution in [0.25, 0.3) is 54.9 Å². The van der Waals surface area contributed by atoms with E-state index in [9.17, 15) is 0 Å². The van der Waals surface area contributed by atoms with Crippen LogP contribution in [0.15, 0.2) is 206 Å². The highest BCUT2D eigenvalue weighted by Gasteiger charge is 2.26. The van der Waals surface area contributed by atoms with Crippen LogP contribution in [0.2, 0.25) is 0 Å². The van der Waals surface area contributed by atoms with Crippen molar-refractivity contribution in [2.75, 3.05) is 10.2 Å². The number of nitrogens with one attached hydrogen (secondary N) is 1. The van der Waals surface area contributed by atoms with E-state index in [1.165, 1.54) is 33.0 Å². The van der Waals surface area contributed by atoms with Gasteiger partial charge < -0.3 is 15.0 Å². The van der Waals surface area contributed by atoms with E-state index in [2.05, 4.69) is 210 Å². The number of fused-ring (bicyclic) bond motifs is 4. The minimum atomic E-state index is -0.220. The number of ether oxygens (including phenoxy) is 1. The molecule has 1 unspecified atom stereocenters. The maximum absolute atomic E-state index is 6.63. The van der Waals surface area contributed by atoms with Gasteiger partial charge in [0.25, 0.3) is 0 Å². The minimum absolute atomic E-state index is 0.220. The largest absolute Gasteiger partial charge is 0.464 e. The summed E-state index contributed by atoms with van der Waals surface area (Å²) in [6.45, 7) is 0. The number of rotatable bonds is 7. The van der Waals surface area contributed by atoms with E-state index in [0.717, 1.165) is 56.0 Å². The molecule has 0 spiro atoms. The lowest BCUT2D eigenvalue weighted by Crippen LogP contribution is -2.09. The zero-order valence-corrected chi connectivity index (χ0v) is 29.6. The predicted octanol–water partition coefficient (Wildman–Crippen LogP) is 14.0. The molecule has 0 amide bonds. The van der Waals surface area contributed by atoms with Crippen molar-refractivity contribution < 1.29 is 4.74 Å². The summed E-state index contributed by atoms with van der Waals surface area (Å²) >= 11 is 0. The molecule has 0 fully saturated rings. The molecule has 1 heterocycles. The van der Waals surface area contributed by atoms with Crippen LogP contribution in [0.1, 0.15) is 11.8 Å². The van der Waals surface area contributed by atoms with Crippen LogP contribution in [0.5, 0.6) is 5.75 Å². The first-order valence-corrected chi connectivity index (χ1v) is 18.4. The lowest BCUT2D eigenvalue weighted by atomic mass is 9.95. The Labute approximate surface area is 315 Å². The second-order valence-corrected chi connectivity index (χ2v) is 13.8. The molecule has 1 N–H and O–H groups in total. The molecule has 0 saturated heterocycles. The van der Waals surface area contributed by atoms with Gasteiger partial charge in [0.15, 0.2) is 12.0 Å². The molecule has 1 atom stereocenters. The molecular formula is C51H36N2O. The standard InChI is InChI=1S/C51H36N2O/c1-4-11-35(12-5-1)37-21-27-44(28-22-37)53(45-29-23-38(24-30-45)36-13-6-2-7-14-36)46-31-25-41-33-43(20-19-42(41)34-46)47-18-10-17-39-26-32-48-50(49(39)47)54-51(52-48)40-15-8-3-9-16-40/h1-34,51-52H. The third-order valence-electron chi connectivity index (χ3n) is 10.5. The number of hydrogen-bond acceptors (Lipinski definition) is 3. The first kappa shape index (κ1) is 31.6. The molecule has 1 aliphatic rings. The number of anilines is 4. The summed E-state index contributed by atoms with van der Waals surface area (Å²) in [4.78, 5) is 2.35. The van der Waals surface area contributed by atoms with Crippen molar-refractivity contribution in [2.45, 2.75) is 6.23 Å². The van der Waals surface area contributed by atoms with Gasteiger partial charge >= 0.3 is 0 Å². The van der Waals surface area contributed by atoms with Gasteiger partial charge in [-0.15, -0.1) is 0 Å². The Morgan fingerprint density at radius 1 is 0.389 bits per heavy atom. The molecule has 0 radical (unpaired) electrons. The Morgan fingerprint density at radius 2 is 0.907 bits per heavy atom. The average Bonchev–Trinajstić information content (AvgIpc) is 3.70. The molecule has 9 aromatic rings. The van der Waals surface area contributed by atoms with Gasteiger partial charge in [0, 0.05) is 28.0 Å². The second-order valence-electron chi connectivity index (χ2n) is 13.8. The fraction of sp³-hybridized carbons (Fsp3) is 0.0196. The molecule has 54 heavy (non-hydrogen) atoms. The second kappa shape index (κ2) is 13.5. The van der Waals surface area contributed by atoms with Crippen molar-refractivity contribution in [3.63, 3.8) is 0 Å². The van der Waals surface area contributed by atoms with Crippen molar-refractivity contribution in [1.29, 1.82) is 0 Å². The molecule has 3 nitrogen and oxygen atoms in total. The van der Waals surface area contributed by atoms with Gasteiger partial charge in [-0.2, -0.15) is 0 Å². The van der Waals surface area contributed by atoms with Crippen LogP contribution in [0.4, 0.5) is 22.7 Å². The predicted molar refractivity (Wildman–Crippen MR) is 226 cm³/mol. The van der Waals surface area contributed by atoms with E-state index in [0.29, 0.717) is 0 Å². The molecule has 0 saturated carbocycles. The van der Waals surface area contributed by atoms with Crippen LogP contribution in [-0.2, 0) is 0 Å². The first-order chi connectivity index (χ1) is 26.7. The smallest absolute Gasteiger partial charge is 0.196 e. The van der Waals surface area contributed by atoms with E-state index < -0.39 is 0 Å². The highest BCUT2D eigenvalue weighted by Crippen LogP contribution is 2.47. The Kier molecular flexibility index (Phi) is 7.88. The van der Waals surface area contributed by atoms with Crippen LogP contribution in [0, 0.1) is 0 Å². The zero-order chi connectivity index (χ0) is 35.8. The third-order valence-corrected chi connectivity index (χ3v) is 10.5. The molecule has 3 heteroatoms. The zero-order valence-electron chi connectivity index (χ0n) is 29.6. The highest BCUT2D eigenvalue weighted by atomic mass is 16.5. The normalized spacial score (nSPS) is 13.3. The summed E-state index contributed by atoms with van der Waals surface area (Å²) in [5.74, 6) is 0.902. The Balaban J connectivity index is 1.03. The monoisotopic (exact) mass is 692 g/mol. The minimum Gasteiger partial charge on any atom is -0.464 e. The molecular weight excluding hydrogens is 657 g/mol. The van der Waals surface area contributed by atoms with Gasteiger partial charge in [-0.05, 0) is 98.1 Å². The molecule has 0 aliphatic carbocycles. The van der Waals surface area contributed by atoms with E-state index in [-0.39, 0.29) is 6.23 Å². The maximum Gasteiger partial charge on any atom is 0.196 e. The van der Waals surface area contributed by atoms with Gasteiger partial charge in [-0.25, -0.2) is 0 Å². The number of benzene rings is 9. The molecule has 0 bridgehead atoms. The van der Waals surface area contributed by atoms with Crippen molar-refractivity contribution in [3.05, 3.63) is 212 Å². The van der Waals surface area contributed by atoms with Crippen LogP contribution in [0.3, 0.4) is 0 Å². The van der Waals surface area contributed by atoms with Crippen molar-refractivity contribution in [3.8, 4) is 39.1 Å². The lowest BCUT2D eigenvalue weighted by molar-refractivity contribution is 0.262. The summed E-state index contributed by atoms with van der Waals surface area (Å²) in [7, 11) is 0. The van der Waals surface area contributed by atoms with E-state index in [1.54, 1.807) is 0 Å². The number of nitrogens with zero attached hydrogens (tertiary/aromatic N) is 1. The summed E-state index contributed by atoms with van der Waals surface area (Å²) in [5.41, 5.74) is 12.5. The summed E-state index contributed by atoms with van der Waals surface area (Å²) in [5, 5.41) is 8.23. The fourth-order valence-electron chi connectivity index (χ4n) is 7.74. The molecule has 0 aromatic heterocycles. The quantitative estimate of drug-likeness (QED) is 0.180. The van der Waals surface area contributed by atoms with Crippen LogP contribution in [-0.4, -0.2) is 0 Å². The van der Waals surface area contributed by atoms with Crippen molar-refractivity contribution in [2.24, 2.45) is 0 Å². The lowest BCUT2D eigenvalue weighted by Gasteiger charge is -2.26. The SMILES string of the molecule is c1ccc(-c2ccc(N(c3ccc(-c4ccccc4)cc3)c3ccc4cc(-c5cccc6ccc7c(c56)OC(c5ccccc5)N7)ccc4c3)cc2)cc1. The van der Waals surface area contributed by atoms with Crippen LogP contribution < -0.4 is 15.0 Å². The third kappa shape index (κ3) is 5.82. The Bertz CT molecular complexity index is 2660. The van der Waals surface area contributed by atoms with E-state index in [4.69, 9.17) is 4.74 Å². The molecule has 9 aromatic carbocycles. The fourth-order valence-corrected chi connectivity index (χ4v) is 7.74. The van der Waals surface area contributed by atoms with Crippen molar-refractivity contribution >= 4 is 44.3 Å². The molecule has 256 valence electrons. The van der Waals surface area contributed by atoms with Gasteiger partial charge in [0.2, 0.25) is 0 Å².